The van der Waals surface area contributed by atoms with Gasteiger partial charge in [-0.25, -0.2) is 0 Å². The molecule has 2 aromatic carbocycles. The fraction of sp³-hybridized carbons (Fsp3) is 0.304. The van der Waals surface area contributed by atoms with Crippen molar-refractivity contribution in [3.8, 4) is 28.6 Å². The summed E-state index contributed by atoms with van der Waals surface area (Å²) in [6.45, 7) is 1.75. The summed E-state index contributed by atoms with van der Waals surface area (Å²) in [5, 5.41) is 7.17. The standard InChI is InChI=1S/C23H24N2O5/c1-13-20(23(26)24-17-9-14-7-5-6-8-15(14)10-17)21(30-25-13)16-11-18(27-2)22(29-4)19(12-16)28-3/h5-8,11-12,17H,9-10H2,1-4H3,(H,24,26). The lowest BCUT2D eigenvalue weighted by Crippen LogP contribution is -2.35. The van der Waals surface area contributed by atoms with Crippen LogP contribution in [0.4, 0.5) is 0 Å². The van der Waals surface area contributed by atoms with Crippen LogP contribution in [0, 0.1) is 6.92 Å². The van der Waals surface area contributed by atoms with Gasteiger partial charge >= 0.3 is 0 Å². The van der Waals surface area contributed by atoms with Gasteiger partial charge in [0.1, 0.15) is 5.56 Å². The van der Waals surface area contributed by atoms with Crippen LogP contribution in [0.15, 0.2) is 40.9 Å². The van der Waals surface area contributed by atoms with Crippen LogP contribution in [-0.2, 0) is 12.8 Å². The molecule has 0 spiro atoms. The first kappa shape index (κ1) is 19.8. The van der Waals surface area contributed by atoms with Crippen LogP contribution >= 0.6 is 0 Å². The first-order valence-corrected chi connectivity index (χ1v) is 9.70. The molecule has 7 nitrogen and oxygen atoms in total. The van der Waals surface area contributed by atoms with E-state index < -0.39 is 0 Å². The number of fused-ring (bicyclic) bond motifs is 1. The summed E-state index contributed by atoms with van der Waals surface area (Å²) >= 11 is 0. The van der Waals surface area contributed by atoms with Crippen LogP contribution in [0.5, 0.6) is 17.2 Å². The number of amides is 1. The van der Waals surface area contributed by atoms with Gasteiger partial charge in [-0.05, 0) is 43.0 Å². The normalized spacial score (nSPS) is 13.1. The van der Waals surface area contributed by atoms with Crippen LogP contribution in [0.3, 0.4) is 0 Å². The van der Waals surface area contributed by atoms with E-state index in [4.69, 9.17) is 18.7 Å². The van der Waals surface area contributed by atoms with Gasteiger partial charge < -0.3 is 24.1 Å². The van der Waals surface area contributed by atoms with Crippen LogP contribution in [0.2, 0.25) is 0 Å². The Kier molecular flexibility index (Phi) is 5.35. The minimum Gasteiger partial charge on any atom is -0.493 e. The van der Waals surface area contributed by atoms with Gasteiger partial charge in [0.2, 0.25) is 5.75 Å². The zero-order valence-corrected chi connectivity index (χ0v) is 17.4. The third-order valence-corrected chi connectivity index (χ3v) is 5.40. The first-order chi connectivity index (χ1) is 14.5. The molecule has 156 valence electrons. The van der Waals surface area contributed by atoms with Crippen molar-refractivity contribution in [1.82, 2.24) is 10.5 Å². The highest BCUT2D eigenvalue weighted by Gasteiger charge is 2.28. The Hall–Kier alpha value is -3.48. The summed E-state index contributed by atoms with van der Waals surface area (Å²) in [7, 11) is 4.62. The molecule has 0 saturated carbocycles. The minimum absolute atomic E-state index is 0.0389. The number of benzene rings is 2. The molecule has 0 fully saturated rings. The Balaban J connectivity index is 1.65. The maximum atomic E-state index is 13.2. The van der Waals surface area contributed by atoms with Gasteiger partial charge in [0.05, 0.1) is 27.0 Å². The van der Waals surface area contributed by atoms with E-state index >= 15 is 0 Å². The smallest absolute Gasteiger partial charge is 0.257 e. The van der Waals surface area contributed by atoms with Crippen LogP contribution in [0.1, 0.15) is 27.2 Å². The third kappa shape index (κ3) is 3.47. The predicted octanol–water partition coefficient (Wildman–Crippen LogP) is 3.57. The highest BCUT2D eigenvalue weighted by atomic mass is 16.5. The Morgan fingerprint density at radius 3 is 2.17 bits per heavy atom. The molecule has 1 aliphatic carbocycles. The number of aryl methyl sites for hydroxylation is 1. The number of carbonyl (C=O) groups excluding carboxylic acids is 1. The largest absolute Gasteiger partial charge is 0.493 e. The summed E-state index contributed by atoms with van der Waals surface area (Å²) in [5.41, 5.74) is 4.08. The summed E-state index contributed by atoms with van der Waals surface area (Å²) in [6, 6.07) is 11.8. The second-order valence-corrected chi connectivity index (χ2v) is 7.23. The molecule has 7 heteroatoms. The summed E-state index contributed by atoms with van der Waals surface area (Å²) in [5.74, 6) is 1.56. The average molecular weight is 408 g/mol. The molecular weight excluding hydrogens is 384 g/mol. The van der Waals surface area contributed by atoms with E-state index in [0.717, 1.165) is 12.8 Å². The quantitative estimate of drug-likeness (QED) is 0.671. The summed E-state index contributed by atoms with van der Waals surface area (Å²) in [6.07, 6.45) is 1.62. The van der Waals surface area contributed by atoms with E-state index in [9.17, 15) is 4.79 Å². The molecule has 0 atom stereocenters. The van der Waals surface area contributed by atoms with E-state index in [2.05, 4.69) is 22.6 Å². The molecule has 3 aromatic rings. The summed E-state index contributed by atoms with van der Waals surface area (Å²) in [4.78, 5) is 13.2. The van der Waals surface area contributed by atoms with Gasteiger partial charge in [-0.2, -0.15) is 0 Å². The number of hydrogen-bond acceptors (Lipinski definition) is 6. The van der Waals surface area contributed by atoms with Gasteiger partial charge in [-0.3, -0.25) is 4.79 Å². The fourth-order valence-electron chi connectivity index (χ4n) is 3.96. The summed E-state index contributed by atoms with van der Waals surface area (Å²) < 4.78 is 21.8. The van der Waals surface area contributed by atoms with E-state index in [-0.39, 0.29) is 11.9 Å². The molecular formula is C23H24N2O5. The Morgan fingerprint density at radius 1 is 1.03 bits per heavy atom. The second-order valence-electron chi connectivity index (χ2n) is 7.23. The molecule has 30 heavy (non-hydrogen) atoms. The van der Waals surface area contributed by atoms with Crippen molar-refractivity contribution in [2.75, 3.05) is 21.3 Å². The SMILES string of the molecule is COc1cc(-c2onc(C)c2C(=O)NC2Cc3ccccc3C2)cc(OC)c1OC. The van der Waals surface area contributed by atoms with Crippen molar-refractivity contribution in [2.24, 2.45) is 0 Å². The van der Waals surface area contributed by atoms with E-state index in [1.54, 1.807) is 19.1 Å². The van der Waals surface area contributed by atoms with Crippen molar-refractivity contribution in [3.05, 3.63) is 58.8 Å². The van der Waals surface area contributed by atoms with Crippen molar-refractivity contribution < 1.29 is 23.5 Å². The van der Waals surface area contributed by atoms with Crippen molar-refractivity contribution in [1.29, 1.82) is 0 Å². The lowest BCUT2D eigenvalue weighted by Gasteiger charge is -2.14. The maximum Gasteiger partial charge on any atom is 0.257 e. The van der Waals surface area contributed by atoms with Gasteiger partial charge in [0, 0.05) is 11.6 Å². The van der Waals surface area contributed by atoms with Crippen molar-refractivity contribution in [2.45, 2.75) is 25.8 Å². The molecule has 0 bridgehead atoms. The molecule has 1 amide bonds. The molecule has 0 saturated heterocycles. The molecule has 1 aliphatic rings. The molecule has 0 radical (unpaired) electrons. The molecule has 0 unspecified atom stereocenters. The van der Waals surface area contributed by atoms with Crippen LogP contribution in [0.25, 0.3) is 11.3 Å². The average Bonchev–Trinajstić information content (AvgIpc) is 3.35. The van der Waals surface area contributed by atoms with E-state index in [1.165, 1.54) is 32.5 Å². The maximum absolute atomic E-state index is 13.2. The number of nitrogens with one attached hydrogen (secondary N) is 1. The highest BCUT2D eigenvalue weighted by molar-refractivity contribution is 6.01. The number of methoxy groups -OCH3 is 3. The zero-order chi connectivity index (χ0) is 21.3. The molecule has 4 rings (SSSR count). The number of rotatable bonds is 6. The van der Waals surface area contributed by atoms with Gasteiger partial charge in [-0.15, -0.1) is 0 Å². The Bertz CT molecular complexity index is 1040. The Morgan fingerprint density at radius 2 is 1.63 bits per heavy atom. The molecule has 1 N–H and O–H groups in total. The van der Waals surface area contributed by atoms with Crippen molar-refractivity contribution >= 4 is 5.91 Å². The fourth-order valence-corrected chi connectivity index (χ4v) is 3.96. The first-order valence-electron chi connectivity index (χ1n) is 9.70. The van der Waals surface area contributed by atoms with E-state index in [0.29, 0.717) is 39.8 Å². The third-order valence-electron chi connectivity index (χ3n) is 5.40. The lowest BCUT2D eigenvalue weighted by atomic mass is 10.0. The lowest BCUT2D eigenvalue weighted by molar-refractivity contribution is 0.0938. The van der Waals surface area contributed by atoms with E-state index in [1.807, 2.05) is 12.1 Å². The van der Waals surface area contributed by atoms with Crippen LogP contribution < -0.4 is 19.5 Å². The zero-order valence-electron chi connectivity index (χ0n) is 17.4. The molecule has 0 aliphatic heterocycles. The minimum atomic E-state index is -0.213. The van der Waals surface area contributed by atoms with Gasteiger partial charge in [0.15, 0.2) is 17.3 Å². The predicted molar refractivity (Wildman–Crippen MR) is 111 cm³/mol. The van der Waals surface area contributed by atoms with Crippen molar-refractivity contribution in [3.63, 3.8) is 0 Å². The monoisotopic (exact) mass is 408 g/mol. The number of carbonyl (C=O) groups is 1. The van der Waals surface area contributed by atoms with Gasteiger partial charge in [0.25, 0.3) is 5.91 Å². The van der Waals surface area contributed by atoms with Crippen LogP contribution in [-0.4, -0.2) is 38.4 Å². The van der Waals surface area contributed by atoms with Gasteiger partial charge in [-0.1, -0.05) is 29.4 Å². The molecule has 1 aromatic heterocycles. The second kappa shape index (κ2) is 8.10. The number of aromatic nitrogens is 1. The Labute approximate surface area is 174 Å². The number of nitrogens with zero attached hydrogens (tertiary/aromatic N) is 1. The number of ether oxygens (including phenoxy) is 3. The topological polar surface area (TPSA) is 82.8 Å². The number of hydrogen-bond donors (Lipinski definition) is 1. The highest BCUT2D eigenvalue weighted by Crippen LogP contribution is 2.42. The molecule has 1 heterocycles.